The Balaban J connectivity index is 1.49. The minimum absolute atomic E-state index is 0.553. The summed E-state index contributed by atoms with van der Waals surface area (Å²) in [7, 11) is 0. The molecule has 0 aromatic carbocycles. The van der Waals surface area contributed by atoms with Gasteiger partial charge in [0.2, 0.25) is 0 Å². The molecule has 0 radical (unpaired) electrons. The van der Waals surface area contributed by atoms with Crippen molar-refractivity contribution in [3.8, 4) is 0 Å². The Bertz CT molecular complexity index is 585. The number of allylic oxidation sites excluding steroid dienone is 2. The zero-order valence-electron chi connectivity index (χ0n) is 19.9. The lowest BCUT2D eigenvalue weighted by atomic mass is 9.46. The first-order chi connectivity index (χ1) is 13.3. The van der Waals surface area contributed by atoms with Crippen molar-refractivity contribution >= 4 is 0 Å². The van der Waals surface area contributed by atoms with E-state index in [1.54, 1.807) is 0 Å². The second-order valence-electron chi connectivity index (χ2n) is 12.6. The van der Waals surface area contributed by atoms with Crippen LogP contribution in [0, 0.1) is 52.3 Å². The molecule has 3 fully saturated rings. The van der Waals surface area contributed by atoms with Crippen LogP contribution >= 0.6 is 0 Å². The van der Waals surface area contributed by atoms with Gasteiger partial charge >= 0.3 is 0 Å². The highest BCUT2D eigenvalue weighted by Crippen LogP contribution is 2.67. The van der Waals surface area contributed by atoms with E-state index in [2.05, 4.69) is 47.6 Å². The third kappa shape index (κ3) is 3.43. The average Bonchev–Trinajstić information content (AvgIpc) is 2.99. The summed E-state index contributed by atoms with van der Waals surface area (Å²) in [5.74, 6) is 6.73. The third-order valence-corrected chi connectivity index (χ3v) is 10.6. The molecule has 4 aliphatic rings. The minimum atomic E-state index is 0.553. The first-order valence-electron chi connectivity index (χ1n) is 12.9. The van der Waals surface area contributed by atoms with Gasteiger partial charge in [0.25, 0.3) is 0 Å². The maximum atomic E-state index is 2.75. The van der Waals surface area contributed by atoms with E-state index in [9.17, 15) is 0 Å². The molecule has 0 heteroatoms. The lowest BCUT2D eigenvalue weighted by Gasteiger charge is -2.58. The summed E-state index contributed by atoms with van der Waals surface area (Å²) in [6.45, 7) is 15.3. The molecule has 0 N–H and O–H groups in total. The fraction of sp³-hybridized carbons (Fsp3) is 0.929. The number of rotatable bonds is 5. The Labute approximate surface area is 176 Å². The smallest absolute Gasteiger partial charge is 0.00851 e. The largest absolute Gasteiger partial charge is 0.0845 e. The van der Waals surface area contributed by atoms with Crippen LogP contribution < -0.4 is 0 Å². The predicted octanol–water partition coefficient (Wildman–Crippen LogP) is 8.66. The Morgan fingerprint density at radius 1 is 0.964 bits per heavy atom. The van der Waals surface area contributed by atoms with Crippen molar-refractivity contribution < 1.29 is 0 Å². The summed E-state index contributed by atoms with van der Waals surface area (Å²) in [6.07, 6.45) is 19.0. The first kappa shape index (κ1) is 21.0. The van der Waals surface area contributed by atoms with Gasteiger partial charge in [-0.1, -0.05) is 72.5 Å². The van der Waals surface area contributed by atoms with Gasteiger partial charge in [-0.3, -0.25) is 0 Å². The van der Waals surface area contributed by atoms with Crippen LogP contribution in [0.15, 0.2) is 11.6 Å². The molecule has 4 aliphatic carbocycles. The van der Waals surface area contributed by atoms with E-state index < -0.39 is 0 Å². The summed E-state index contributed by atoms with van der Waals surface area (Å²) in [5.41, 5.74) is 3.06. The van der Waals surface area contributed by atoms with E-state index in [1.165, 1.54) is 70.6 Å². The highest BCUT2D eigenvalue weighted by atomic mass is 14.6. The van der Waals surface area contributed by atoms with Gasteiger partial charge in [0.05, 0.1) is 0 Å². The molecule has 0 saturated heterocycles. The van der Waals surface area contributed by atoms with Crippen molar-refractivity contribution in [2.45, 2.75) is 112 Å². The second-order valence-corrected chi connectivity index (χ2v) is 12.6. The van der Waals surface area contributed by atoms with E-state index in [4.69, 9.17) is 0 Å². The highest BCUT2D eigenvalue weighted by Gasteiger charge is 2.58. The molecule has 3 saturated carbocycles. The van der Waals surface area contributed by atoms with Crippen molar-refractivity contribution in [3.05, 3.63) is 11.6 Å². The minimum Gasteiger partial charge on any atom is -0.0845 e. The zero-order valence-corrected chi connectivity index (χ0v) is 19.9. The van der Waals surface area contributed by atoms with Gasteiger partial charge in [0.1, 0.15) is 0 Å². The number of hydrogen-bond acceptors (Lipinski definition) is 0. The van der Waals surface area contributed by atoms with Gasteiger partial charge in [0, 0.05) is 0 Å². The van der Waals surface area contributed by atoms with Crippen molar-refractivity contribution in [1.82, 2.24) is 0 Å². The predicted molar refractivity (Wildman–Crippen MR) is 122 cm³/mol. The van der Waals surface area contributed by atoms with Gasteiger partial charge in [-0.05, 0) is 104 Å². The zero-order chi connectivity index (χ0) is 20.1. The van der Waals surface area contributed by atoms with E-state index in [1.807, 2.05) is 5.57 Å². The van der Waals surface area contributed by atoms with Gasteiger partial charge in [-0.25, -0.2) is 0 Å². The van der Waals surface area contributed by atoms with E-state index in [-0.39, 0.29) is 0 Å². The van der Waals surface area contributed by atoms with Crippen LogP contribution in [0.1, 0.15) is 112 Å². The standard InChI is InChI=1S/C28H48/c1-19(2)8-7-9-21(4)24-12-13-25-23-11-10-22-18-20(3)14-16-27(22,5)26(23)15-17-28(24,25)6/h10,19-21,23-26H,7-9,11-18H2,1-6H3/t20-,21?,23?,24?,25?,26?,27-,28?/m0/s1. The van der Waals surface area contributed by atoms with Crippen molar-refractivity contribution in [2.24, 2.45) is 52.3 Å². The average molecular weight is 385 g/mol. The quantitative estimate of drug-likeness (QED) is 0.416. The summed E-state index contributed by atoms with van der Waals surface area (Å²) >= 11 is 0. The van der Waals surface area contributed by atoms with E-state index in [0.29, 0.717) is 10.8 Å². The van der Waals surface area contributed by atoms with Crippen molar-refractivity contribution in [2.75, 3.05) is 0 Å². The molecule has 0 amide bonds. The normalized spacial score (nSPS) is 46.5. The second kappa shape index (κ2) is 7.77. The highest BCUT2D eigenvalue weighted by molar-refractivity contribution is 5.25. The lowest BCUT2D eigenvalue weighted by molar-refractivity contribution is -0.0523. The van der Waals surface area contributed by atoms with Crippen LogP contribution in [-0.4, -0.2) is 0 Å². The van der Waals surface area contributed by atoms with Crippen LogP contribution in [0.25, 0.3) is 0 Å². The van der Waals surface area contributed by atoms with Gasteiger partial charge < -0.3 is 0 Å². The SMILES string of the molecule is CC(C)CCCC(C)C1CCC2C3CC=C4C[C@@H](C)CC[C@]4(C)C3CCC12C. The van der Waals surface area contributed by atoms with Gasteiger partial charge in [-0.2, -0.15) is 0 Å². The van der Waals surface area contributed by atoms with Crippen LogP contribution in [0.2, 0.25) is 0 Å². The molecule has 0 aliphatic heterocycles. The van der Waals surface area contributed by atoms with Crippen molar-refractivity contribution in [3.63, 3.8) is 0 Å². The Morgan fingerprint density at radius 3 is 2.50 bits per heavy atom. The molecule has 8 atom stereocenters. The Kier molecular flexibility index (Phi) is 5.83. The summed E-state index contributed by atoms with van der Waals surface area (Å²) in [6, 6.07) is 0. The summed E-state index contributed by atoms with van der Waals surface area (Å²) in [4.78, 5) is 0. The molecule has 0 spiro atoms. The van der Waals surface area contributed by atoms with Gasteiger partial charge in [0.15, 0.2) is 0 Å². The fourth-order valence-corrected chi connectivity index (χ4v) is 8.87. The van der Waals surface area contributed by atoms with E-state index >= 15 is 0 Å². The molecule has 160 valence electrons. The van der Waals surface area contributed by atoms with E-state index in [0.717, 1.165) is 41.4 Å². The molecule has 6 unspecified atom stereocenters. The molecule has 28 heavy (non-hydrogen) atoms. The van der Waals surface area contributed by atoms with Crippen LogP contribution in [0.3, 0.4) is 0 Å². The van der Waals surface area contributed by atoms with Crippen LogP contribution in [-0.2, 0) is 0 Å². The maximum absolute atomic E-state index is 2.75. The van der Waals surface area contributed by atoms with Crippen LogP contribution in [0.5, 0.6) is 0 Å². The third-order valence-electron chi connectivity index (χ3n) is 10.6. The van der Waals surface area contributed by atoms with Crippen molar-refractivity contribution in [1.29, 1.82) is 0 Å². The monoisotopic (exact) mass is 384 g/mol. The molecule has 0 aromatic rings. The first-order valence-corrected chi connectivity index (χ1v) is 12.9. The number of fused-ring (bicyclic) bond motifs is 5. The molecule has 4 rings (SSSR count). The molecule has 0 nitrogen and oxygen atoms in total. The molecule has 0 heterocycles. The molecule has 0 bridgehead atoms. The molecular formula is C28H48. The molecular weight excluding hydrogens is 336 g/mol. The topological polar surface area (TPSA) is 0 Å². The summed E-state index contributed by atoms with van der Waals surface area (Å²) in [5, 5.41) is 0. The maximum Gasteiger partial charge on any atom is -0.00851 e. The molecule has 0 aromatic heterocycles. The lowest BCUT2D eigenvalue weighted by Crippen LogP contribution is -2.50. The van der Waals surface area contributed by atoms with Crippen LogP contribution in [0.4, 0.5) is 0 Å². The van der Waals surface area contributed by atoms with Gasteiger partial charge in [-0.15, -0.1) is 0 Å². The Morgan fingerprint density at radius 2 is 1.75 bits per heavy atom. The Hall–Kier alpha value is -0.260. The summed E-state index contributed by atoms with van der Waals surface area (Å²) < 4.78 is 0. The number of hydrogen-bond donors (Lipinski definition) is 0. The fourth-order valence-electron chi connectivity index (χ4n) is 8.87.